The molecule has 27 heavy (non-hydrogen) atoms. The third-order valence-corrected chi connectivity index (χ3v) is 5.10. The molecule has 0 spiro atoms. The minimum atomic E-state index is 0.384. The lowest BCUT2D eigenvalue weighted by atomic mass is 10.1. The molecule has 0 amide bonds. The molecule has 0 aliphatic heterocycles. The van der Waals surface area contributed by atoms with E-state index in [4.69, 9.17) is 32.7 Å². The van der Waals surface area contributed by atoms with Gasteiger partial charge in [-0.05, 0) is 48.4 Å². The second kappa shape index (κ2) is 9.03. The van der Waals surface area contributed by atoms with E-state index in [0.29, 0.717) is 29.7 Å². The molecule has 0 aromatic heterocycles. The number of anilines is 1. The predicted molar refractivity (Wildman–Crippen MR) is 112 cm³/mol. The van der Waals surface area contributed by atoms with Crippen molar-refractivity contribution in [3.05, 3.63) is 87.4 Å². The van der Waals surface area contributed by atoms with Crippen molar-refractivity contribution in [2.75, 3.05) is 12.4 Å². The molecule has 0 saturated carbocycles. The van der Waals surface area contributed by atoms with Crippen LogP contribution >= 0.6 is 23.2 Å². The van der Waals surface area contributed by atoms with Crippen molar-refractivity contribution in [3.63, 3.8) is 0 Å². The topological polar surface area (TPSA) is 30.5 Å². The van der Waals surface area contributed by atoms with Crippen LogP contribution in [0.25, 0.3) is 0 Å². The van der Waals surface area contributed by atoms with E-state index >= 15 is 0 Å². The third-order valence-electron chi connectivity index (χ3n) is 4.32. The number of hydrogen-bond donors (Lipinski definition) is 1. The molecule has 0 heterocycles. The Labute approximate surface area is 169 Å². The first-order valence-corrected chi connectivity index (χ1v) is 9.36. The lowest BCUT2D eigenvalue weighted by molar-refractivity contribution is 0.284. The van der Waals surface area contributed by atoms with Crippen LogP contribution in [0.15, 0.2) is 60.7 Å². The maximum atomic E-state index is 6.18. The van der Waals surface area contributed by atoms with E-state index in [1.54, 1.807) is 7.11 Å². The highest BCUT2D eigenvalue weighted by Gasteiger charge is 2.08. The molecule has 0 aliphatic rings. The molecule has 140 valence electrons. The van der Waals surface area contributed by atoms with Gasteiger partial charge < -0.3 is 14.8 Å². The second-order valence-electron chi connectivity index (χ2n) is 6.13. The molecule has 3 rings (SSSR count). The summed E-state index contributed by atoms with van der Waals surface area (Å²) in [6.45, 7) is 3.04. The smallest absolute Gasteiger partial charge is 0.161 e. The lowest BCUT2D eigenvalue weighted by Crippen LogP contribution is -2.03. The fraction of sp³-hybridized carbons (Fsp3) is 0.182. The minimum Gasteiger partial charge on any atom is -0.493 e. The number of nitrogens with one attached hydrogen (secondary N) is 1. The SMILES string of the molecule is COc1cc(CNc2cccc(Cl)c2C)ccc1OCc1ccccc1Cl. The van der Waals surface area contributed by atoms with Gasteiger partial charge in [-0.2, -0.15) is 0 Å². The number of rotatable bonds is 7. The van der Waals surface area contributed by atoms with Crippen LogP contribution in [-0.4, -0.2) is 7.11 Å². The van der Waals surface area contributed by atoms with Crippen LogP contribution in [-0.2, 0) is 13.2 Å². The Kier molecular flexibility index (Phi) is 6.49. The molecule has 0 bridgehead atoms. The molecule has 3 nitrogen and oxygen atoms in total. The van der Waals surface area contributed by atoms with Crippen LogP contribution < -0.4 is 14.8 Å². The molecule has 5 heteroatoms. The molecule has 0 saturated heterocycles. The summed E-state index contributed by atoms with van der Waals surface area (Å²) >= 11 is 12.4. The van der Waals surface area contributed by atoms with Gasteiger partial charge >= 0.3 is 0 Å². The van der Waals surface area contributed by atoms with Crippen molar-refractivity contribution in [1.82, 2.24) is 0 Å². The monoisotopic (exact) mass is 401 g/mol. The van der Waals surface area contributed by atoms with E-state index in [2.05, 4.69) is 5.32 Å². The van der Waals surface area contributed by atoms with E-state index in [-0.39, 0.29) is 0 Å². The Bertz CT molecular complexity index is 928. The Morgan fingerprint density at radius 2 is 1.67 bits per heavy atom. The zero-order chi connectivity index (χ0) is 19.2. The van der Waals surface area contributed by atoms with Crippen molar-refractivity contribution >= 4 is 28.9 Å². The summed E-state index contributed by atoms with van der Waals surface area (Å²) < 4.78 is 11.4. The highest BCUT2D eigenvalue weighted by Crippen LogP contribution is 2.30. The van der Waals surface area contributed by atoms with Gasteiger partial charge in [0.05, 0.1) is 7.11 Å². The zero-order valence-electron chi connectivity index (χ0n) is 15.3. The quantitative estimate of drug-likeness (QED) is 0.489. The van der Waals surface area contributed by atoms with Crippen molar-refractivity contribution in [2.45, 2.75) is 20.1 Å². The van der Waals surface area contributed by atoms with Crippen LogP contribution in [0.1, 0.15) is 16.7 Å². The van der Waals surface area contributed by atoms with Gasteiger partial charge in [-0.3, -0.25) is 0 Å². The summed E-state index contributed by atoms with van der Waals surface area (Å²) in [5.41, 5.74) is 4.06. The van der Waals surface area contributed by atoms with Gasteiger partial charge in [0, 0.05) is 27.8 Å². The molecule has 0 fully saturated rings. The minimum absolute atomic E-state index is 0.384. The van der Waals surface area contributed by atoms with E-state index in [9.17, 15) is 0 Å². The number of hydrogen-bond acceptors (Lipinski definition) is 3. The van der Waals surface area contributed by atoms with E-state index in [1.165, 1.54) is 0 Å². The maximum Gasteiger partial charge on any atom is 0.161 e. The molecular formula is C22H21Cl2NO2. The summed E-state index contributed by atoms with van der Waals surface area (Å²) in [5.74, 6) is 1.37. The first-order valence-electron chi connectivity index (χ1n) is 8.60. The fourth-order valence-electron chi connectivity index (χ4n) is 2.71. The van der Waals surface area contributed by atoms with Gasteiger partial charge in [0.15, 0.2) is 11.5 Å². The average Bonchev–Trinajstić information content (AvgIpc) is 2.69. The summed E-state index contributed by atoms with van der Waals surface area (Å²) in [7, 11) is 1.63. The Morgan fingerprint density at radius 3 is 2.44 bits per heavy atom. The van der Waals surface area contributed by atoms with Crippen LogP contribution in [0.5, 0.6) is 11.5 Å². The summed E-state index contributed by atoms with van der Waals surface area (Å²) in [6.07, 6.45) is 0. The number of halogens is 2. The molecule has 0 radical (unpaired) electrons. The summed E-state index contributed by atoms with van der Waals surface area (Å²) in [5, 5.41) is 4.85. The van der Waals surface area contributed by atoms with E-state index in [1.807, 2.05) is 67.6 Å². The van der Waals surface area contributed by atoms with Crippen LogP contribution in [0.3, 0.4) is 0 Å². The normalized spacial score (nSPS) is 10.5. The Balaban J connectivity index is 1.68. The van der Waals surface area contributed by atoms with Gasteiger partial charge in [0.25, 0.3) is 0 Å². The predicted octanol–water partition coefficient (Wildman–Crippen LogP) is 6.50. The largest absolute Gasteiger partial charge is 0.493 e. The third kappa shape index (κ3) is 4.88. The highest BCUT2D eigenvalue weighted by atomic mass is 35.5. The lowest BCUT2D eigenvalue weighted by Gasteiger charge is -2.14. The maximum absolute atomic E-state index is 6.18. The number of ether oxygens (including phenoxy) is 2. The Morgan fingerprint density at radius 1 is 0.889 bits per heavy atom. The summed E-state index contributed by atoms with van der Waals surface area (Å²) in [6, 6.07) is 19.4. The van der Waals surface area contributed by atoms with Crippen molar-refractivity contribution in [2.24, 2.45) is 0 Å². The zero-order valence-corrected chi connectivity index (χ0v) is 16.8. The first kappa shape index (κ1) is 19.4. The molecule has 3 aromatic carbocycles. The van der Waals surface area contributed by atoms with Gasteiger partial charge in [-0.25, -0.2) is 0 Å². The number of benzene rings is 3. The Hall–Kier alpha value is -2.36. The fourth-order valence-corrected chi connectivity index (χ4v) is 3.07. The second-order valence-corrected chi connectivity index (χ2v) is 6.95. The first-order chi connectivity index (χ1) is 13.1. The van der Waals surface area contributed by atoms with Crippen molar-refractivity contribution in [1.29, 1.82) is 0 Å². The van der Waals surface area contributed by atoms with Crippen LogP contribution in [0, 0.1) is 6.92 Å². The van der Waals surface area contributed by atoms with Gasteiger partial charge in [0.2, 0.25) is 0 Å². The molecule has 0 unspecified atom stereocenters. The van der Waals surface area contributed by atoms with Crippen LogP contribution in [0.2, 0.25) is 10.0 Å². The van der Waals surface area contributed by atoms with E-state index < -0.39 is 0 Å². The van der Waals surface area contributed by atoms with Crippen molar-refractivity contribution < 1.29 is 9.47 Å². The van der Waals surface area contributed by atoms with E-state index in [0.717, 1.165) is 27.4 Å². The molecule has 3 aromatic rings. The molecular weight excluding hydrogens is 381 g/mol. The van der Waals surface area contributed by atoms with Gasteiger partial charge in [-0.15, -0.1) is 0 Å². The highest BCUT2D eigenvalue weighted by molar-refractivity contribution is 6.31. The number of methoxy groups -OCH3 is 1. The van der Waals surface area contributed by atoms with Gasteiger partial charge in [0.1, 0.15) is 6.61 Å². The standard InChI is InChI=1S/C22H21Cl2NO2/c1-15-18(23)8-5-9-20(15)25-13-16-10-11-21(22(12-16)26-2)27-14-17-6-3-4-7-19(17)24/h3-12,25H,13-14H2,1-2H3. The molecule has 0 aliphatic carbocycles. The van der Waals surface area contributed by atoms with Crippen LogP contribution in [0.4, 0.5) is 5.69 Å². The average molecular weight is 402 g/mol. The van der Waals surface area contributed by atoms with Crippen molar-refractivity contribution in [3.8, 4) is 11.5 Å². The summed E-state index contributed by atoms with van der Waals surface area (Å²) in [4.78, 5) is 0. The molecule has 0 atom stereocenters. The molecule has 1 N–H and O–H groups in total. The van der Waals surface area contributed by atoms with Gasteiger partial charge in [-0.1, -0.05) is 53.5 Å².